The standard InChI is InChI=1S/C23H22N4O3S/c1-4-30-16-7-5-15(6-8-16)26-11-24-23-27(12-26)22(29)20(31-23)18-17-10-13(2)9-14(3)19(17)25-21(18)28/h5-10H,4,11-12H2,1-3H3,(H,25,28). The number of fused-ring (bicyclic) bond motifs is 2. The average molecular weight is 435 g/mol. The summed E-state index contributed by atoms with van der Waals surface area (Å²) in [7, 11) is 0. The molecule has 0 bridgehead atoms. The number of ether oxygens (including phenoxy) is 1. The molecule has 31 heavy (non-hydrogen) atoms. The van der Waals surface area contributed by atoms with E-state index in [0.717, 1.165) is 33.8 Å². The first-order valence-electron chi connectivity index (χ1n) is 10.2. The Bertz CT molecular complexity index is 1390. The number of aryl methyl sites for hydroxylation is 2. The Morgan fingerprint density at radius 1 is 1.16 bits per heavy atom. The molecule has 158 valence electrons. The van der Waals surface area contributed by atoms with Crippen molar-refractivity contribution in [3.63, 3.8) is 0 Å². The number of nitrogens with zero attached hydrogens (tertiary/aromatic N) is 3. The van der Waals surface area contributed by atoms with Crippen molar-refractivity contribution in [3.8, 4) is 5.75 Å². The number of amides is 1. The molecule has 3 aromatic rings. The second-order valence-corrected chi connectivity index (χ2v) is 8.67. The molecule has 0 unspecified atom stereocenters. The van der Waals surface area contributed by atoms with Gasteiger partial charge in [-0.05, 0) is 56.7 Å². The number of benzene rings is 2. The van der Waals surface area contributed by atoms with E-state index in [9.17, 15) is 9.59 Å². The maximum Gasteiger partial charge on any atom is 0.272 e. The van der Waals surface area contributed by atoms with Gasteiger partial charge in [0.2, 0.25) is 0 Å². The minimum atomic E-state index is -0.233. The predicted octanol–water partition coefficient (Wildman–Crippen LogP) is 2.13. The Hall–Kier alpha value is -3.39. The highest BCUT2D eigenvalue weighted by atomic mass is 32.1. The van der Waals surface area contributed by atoms with Crippen molar-refractivity contribution in [2.75, 3.05) is 23.5 Å². The molecule has 0 saturated carbocycles. The molecule has 1 amide bonds. The summed E-state index contributed by atoms with van der Waals surface area (Å²) in [6.45, 7) is 7.35. The highest BCUT2D eigenvalue weighted by Gasteiger charge is 2.29. The van der Waals surface area contributed by atoms with Gasteiger partial charge in [0.25, 0.3) is 11.5 Å². The number of anilines is 2. The molecule has 2 aliphatic rings. The fourth-order valence-corrected chi connectivity index (χ4v) is 5.16. The van der Waals surface area contributed by atoms with Gasteiger partial charge < -0.3 is 15.0 Å². The molecule has 7 nitrogen and oxygen atoms in total. The van der Waals surface area contributed by atoms with Crippen LogP contribution in [-0.2, 0) is 11.5 Å². The van der Waals surface area contributed by atoms with Crippen LogP contribution in [0.2, 0.25) is 0 Å². The lowest BCUT2D eigenvalue weighted by Crippen LogP contribution is -2.43. The van der Waals surface area contributed by atoms with E-state index in [2.05, 4.69) is 10.3 Å². The summed E-state index contributed by atoms with van der Waals surface area (Å²) >= 11 is 1.28. The maximum absolute atomic E-state index is 13.3. The Morgan fingerprint density at radius 3 is 2.68 bits per heavy atom. The van der Waals surface area contributed by atoms with Crippen LogP contribution in [0.15, 0.2) is 46.2 Å². The molecule has 3 heterocycles. The Labute approximate surface area is 182 Å². The van der Waals surface area contributed by atoms with Crippen LogP contribution in [0.5, 0.6) is 5.75 Å². The van der Waals surface area contributed by atoms with Gasteiger partial charge in [-0.3, -0.25) is 14.2 Å². The van der Waals surface area contributed by atoms with Crippen molar-refractivity contribution >= 4 is 34.2 Å². The van der Waals surface area contributed by atoms with Gasteiger partial charge in [-0.25, -0.2) is 4.99 Å². The number of aromatic nitrogens is 1. The number of nitrogens with one attached hydrogen (secondary N) is 1. The molecular formula is C23H22N4O3S. The van der Waals surface area contributed by atoms with Crippen LogP contribution in [0, 0.1) is 13.8 Å². The summed E-state index contributed by atoms with van der Waals surface area (Å²) < 4.78 is 7.58. The third-order valence-corrected chi connectivity index (χ3v) is 6.62. The van der Waals surface area contributed by atoms with E-state index in [1.54, 1.807) is 4.57 Å². The Kier molecular flexibility index (Phi) is 4.66. The zero-order valence-electron chi connectivity index (χ0n) is 17.6. The van der Waals surface area contributed by atoms with Crippen molar-refractivity contribution < 1.29 is 9.53 Å². The monoisotopic (exact) mass is 434 g/mol. The zero-order valence-corrected chi connectivity index (χ0v) is 18.4. The van der Waals surface area contributed by atoms with Gasteiger partial charge in [0.1, 0.15) is 23.6 Å². The topological polar surface area (TPSA) is 75.9 Å². The molecule has 0 aliphatic carbocycles. The Balaban J connectivity index is 1.58. The zero-order chi connectivity index (χ0) is 21.7. The fourth-order valence-electron chi connectivity index (χ4n) is 4.10. The van der Waals surface area contributed by atoms with Gasteiger partial charge in [-0.15, -0.1) is 0 Å². The molecule has 1 N–H and O–H groups in total. The third-order valence-electron chi connectivity index (χ3n) is 5.51. The number of carbonyl (C=O) groups is 1. The second-order valence-electron chi connectivity index (χ2n) is 7.69. The van der Waals surface area contributed by atoms with Crippen molar-refractivity contribution in [2.24, 2.45) is 4.99 Å². The van der Waals surface area contributed by atoms with E-state index in [0.29, 0.717) is 34.9 Å². The lowest BCUT2D eigenvalue weighted by atomic mass is 10.0. The summed E-state index contributed by atoms with van der Waals surface area (Å²) in [4.78, 5) is 33.4. The van der Waals surface area contributed by atoms with Crippen molar-refractivity contribution in [2.45, 2.75) is 27.4 Å². The van der Waals surface area contributed by atoms with Crippen molar-refractivity contribution in [1.29, 1.82) is 0 Å². The van der Waals surface area contributed by atoms with Gasteiger partial charge in [0, 0.05) is 11.3 Å². The van der Waals surface area contributed by atoms with Gasteiger partial charge in [-0.2, -0.15) is 0 Å². The predicted molar refractivity (Wildman–Crippen MR) is 121 cm³/mol. The number of thiazole rings is 1. The summed E-state index contributed by atoms with van der Waals surface area (Å²) in [5.41, 5.74) is 4.85. The second kappa shape index (κ2) is 7.39. The molecule has 1 aromatic heterocycles. The molecule has 2 aliphatic heterocycles. The van der Waals surface area contributed by atoms with Gasteiger partial charge in [-0.1, -0.05) is 23.0 Å². The maximum atomic E-state index is 13.3. The Morgan fingerprint density at radius 2 is 1.94 bits per heavy atom. The molecule has 0 atom stereocenters. The molecular weight excluding hydrogens is 412 g/mol. The van der Waals surface area contributed by atoms with Crippen LogP contribution in [0.4, 0.5) is 11.4 Å². The summed E-state index contributed by atoms with van der Waals surface area (Å²) in [5, 5.41) is 2.93. The number of rotatable bonds is 3. The quantitative estimate of drug-likeness (QED) is 0.685. The summed E-state index contributed by atoms with van der Waals surface area (Å²) in [6.07, 6.45) is 0. The van der Waals surface area contributed by atoms with Crippen molar-refractivity contribution in [3.05, 3.63) is 72.8 Å². The van der Waals surface area contributed by atoms with Gasteiger partial charge >= 0.3 is 0 Å². The highest BCUT2D eigenvalue weighted by Crippen LogP contribution is 2.33. The minimum absolute atomic E-state index is 0.184. The van der Waals surface area contributed by atoms with E-state index in [1.807, 2.05) is 62.1 Å². The summed E-state index contributed by atoms with van der Waals surface area (Å²) in [5.74, 6) is 0.576. The smallest absolute Gasteiger partial charge is 0.272 e. The third kappa shape index (κ3) is 3.23. The minimum Gasteiger partial charge on any atom is -0.494 e. The van der Waals surface area contributed by atoms with E-state index >= 15 is 0 Å². The van der Waals surface area contributed by atoms with Gasteiger partial charge in [0.05, 0.1) is 17.9 Å². The molecule has 0 saturated heterocycles. The first kappa shape index (κ1) is 19.6. The van der Waals surface area contributed by atoms with Gasteiger partial charge in [0.15, 0.2) is 4.80 Å². The molecule has 8 heteroatoms. The van der Waals surface area contributed by atoms with Crippen molar-refractivity contribution in [1.82, 2.24) is 4.57 Å². The lowest BCUT2D eigenvalue weighted by molar-refractivity contribution is -0.110. The van der Waals surface area contributed by atoms with Crippen LogP contribution in [0.25, 0.3) is 5.57 Å². The largest absolute Gasteiger partial charge is 0.494 e. The van der Waals surface area contributed by atoms with E-state index in [-0.39, 0.29) is 11.5 Å². The summed E-state index contributed by atoms with van der Waals surface area (Å²) in [6, 6.07) is 11.7. The van der Waals surface area contributed by atoms with E-state index in [4.69, 9.17) is 4.74 Å². The molecule has 0 fully saturated rings. The molecule has 5 rings (SSSR count). The fraction of sp³-hybridized carbons (Fsp3) is 0.261. The number of carbonyl (C=O) groups excluding carboxylic acids is 1. The average Bonchev–Trinajstić information content (AvgIpc) is 3.25. The van der Waals surface area contributed by atoms with E-state index in [1.165, 1.54) is 11.3 Å². The van der Waals surface area contributed by atoms with Crippen LogP contribution < -0.4 is 29.8 Å². The van der Waals surface area contributed by atoms with Crippen LogP contribution in [-0.4, -0.2) is 23.7 Å². The lowest BCUT2D eigenvalue weighted by Gasteiger charge is -2.25. The first-order chi connectivity index (χ1) is 15.0. The normalized spacial score (nSPS) is 16.5. The highest BCUT2D eigenvalue weighted by molar-refractivity contribution is 7.07. The number of hydrogen-bond donors (Lipinski definition) is 1. The SMILES string of the molecule is CCOc1ccc(N2CN=c3sc(=C4C(=O)Nc5c(C)cc(C)cc54)c(=O)n3C2)cc1. The number of hydrogen-bond acceptors (Lipinski definition) is 6. The van der Waals surface area contributed by atoms with Crippen LogP contribution in [0.1, 0.15) is 23.6 Å². The molecule has 2 aromatic carbocycles. The van der Waals surface area contributed by atoms with Crippen LogP contribution in [0.3, 0.4) is 0 Å². The van der Waals surface area contributed by atoms with Crippen LogP contribution >= 0.6 is 11.3 Å². The van der Waals surface area contributed by atoms with E-state index < -0.39 is 0 Å². The first-order valence-corrected chi connectivity index (χ1v) is 11.0. The molecule has 0 spiro atoms. The molecule has 0 radical (unpaired) electrons.